The maximum atomic E-state index is 10.6. The van der Waals surface area contributed by atoms with E-state index in [1.165, 1.54) is 5.56 Å². The topological polar surface area (TPSA) is 109 Å². The number of pyridine rings is 1. The van der Waals surface area contributed by atoms with Crippen molar-refractivity contribution in [2.45, 2.75) is 31.9 Å². The molecule has 2 aromatic rings. The predicted molar refractivity (Wildman–Crippen MR) is 118 cm³/mol. The first-order valence-electron chi connectivity index (χ1n) is 10.7. The highest BCUT2D eigenvalue weighted by atomic mass is 32.1. The molecule has 0 aliphatic carbocycles. The zero-order valence-corrected chi connectivity index (χ0v) is 20.1. The lowest BCUT2D eigenvalue weighted by Crippen LogP contribution is -2.26. The third kappa shape index (κ3) is 10.2. The highest BCUT2D eigenvalue weighted by molar-refractivity contribution is 7.07. The zero-order chi connectivity index (χ0) is 27.8. The van der Waals surface area contributed by atoms with E-state index in [0.717, 1.165) is 44.3 Å². The van der Waals surface area contributed by atoms with Gasteiger partial charge in [-0.1, -0.05) is 0 Å². The fourth-order valence-corrected chi connectivity index (χ4v) is 4.22. The van der Waals surface area contributed by atoms with E-state index in [0.29, 0.717) is 17.9 Å². The number of alkyl halides is 6. The number of carboxylic acids is 2. The van der Waals surface area contributed by atoms with Crippen molar-refractivity contribution in [1.82, 2.24) is 9.88 Å². The van der Waals surface area contributed by atoms with E-state index in [4.69, 9.17) is 29.3 Å². The van der Waals surface area contributed by atoms with Crippen molar-refractivity contribution in [3.05, 3.63) is 46.4 Å². The van der Waals surface area contributed by atoms with Gasteiger partial charge in [0.15, 0.2) is 0 Å². The van der Waals surface area contributed by atoms with Crippen molar-refractivity contribution in [3.8, 4) is 5.75 Å². The van der Waals surface area contributed by atoms with Crippen molar-refractivity contribution in [3.63, 3.8) is 0 Å². The van der Waals surface area contributed by atoms with Gasteiger partial charge in [0.1, 0.15) is 5.75 Å². The molecule has 2 N–H and O–H groups in total. The number of halogens is 6. The fourth-order valence-electron chi connectivity index (χ4n) is 3.56. The highest BCUT2D eigenvalue weighted by Crippen LogP contribution is 2.34. The van der Waals surface area contributed by atoms with Gasteiger partial charge < -0.3 is 19.7 Å². The van der Waals surface area contributed by atoms with Gasteiger partial charge in [-0.15, -0.1) is 0 Å². The number of aromatic nitrogens is 1. The Morgan fingerprint density at radius 2 is 1.73 bits per heavy atom. The van der Waals surface area contributed by atoms with Gasteiger partial charge in [0.2, 0.25) is 0 Å². The van der Waals surface area contributed by atoms with Crippen molar-refractivity contribution in [2.75, 3.05) is 26.3 Å². The van der Waals surface area contributed by atoms with Crippen LogP contribution in [0, 0.1) is 18.8 Å². The molecule has 3 atom stereocenters. The summed E-state index contributed by atoms with van der Waals surface area (Å²) in [6.45, 7) is 6.72. The minimum atomic E-state index is -5.08. The largest absolute Gasteiger partial charge is 0.492 e. The minimum Gasteiger partial charge on any atom is -0.492 e. The Morgan fingerprint density at radius 1 is 1.11 bits per heavy atom. The number of carbonyl (C=O) groups is 2. The lowest BCUT2D eigenvalue weighted by Gasteiger charge is -2.19. The van der Waals surface area contributed by atoms with Gasteiger partial charge in [-0.05, 0) is 41.4 Å². The van der Waals surface area contributed by atoms with E-state index >= 15 is 0 Å². The Balaban J connectivity index is 0.000000286. The van der Waals surface area contributed by atoms with Crippen molar-refractivity contribution in [2.24, 2.45) is 11.8 Å². The Kier molecular flexibility index (Phi) is 10.7. The first kappa shape index (κ1) is 30.3. The Labute approximate surface area is 211 Å². The summed E-state index contributed by atoms with van der Waals surface area (Å²) < 4.78 is 75.4. The molecule has 0 amide bonds. The van der Waals surface area contributed by atoms with Crippen LogP contribution in [0.15, 0.2) is 35.2 Å². The normalized spacial score (nSPS) is 21.2. The summed E-state index contributed by atoms with van der Waals surface area (Å²) in [4.78, 5) is 24.6. The smallest absolute Gasteiger partial charge is 0.490 e. The van der Waals surface area contributed by atoms with Gasteiger partial charge in [0.05, 0.1) is 25.5 Å². The number of ether oxygens (including phenoxy) is 2. The molecule has 4 heterocycles. The van der Waals surface area contributed by atoms with Crippen LogP contribution < -0.4 is 4.74 Å². The molecule has 8 nitrogen and oxygen atoms in total. The molecule has 2 saturated heterocycles. The lowest BCUT2D eigenvalue weighted by molar-refractivity contribution is -0.193. The van der Waals surface area contributed by atoms with Gasteiger partial charge in [0.25, 0.3) is 0 Å². The van der Waals surface area contributed by atoms with Crippen LogP contribution in [0.1, 0.15) is 11.3 Å². The van der Waals surface area contributed by atoms with Gasteiger partial charge >= 0.3 is 24.3 Å². The van der Waals surface area contributed by atoms with Crippen molar-refractivity contribution < 1.29 is 55.6 Å². The molecule has 0 aromatic carbocycles. The number of hydrogen-bond acceptors (Lipinski definition) is 7. The van der Waals surface area contributed by atoms with Crippen molar-refractivity contribution >= 4 is 23.3 Å². The van der Waals surface area contributed by atoms with Crippen LogP contribution in [0.3, 0.4) is 0 Å². The number of likely N-dealkylation sites (tertiary alicyclic amines) is 1. The first-order valence-corrected chi connectivity index (χ1v) is 11.6. The summed E-state index contributed by atoms with van der Waals surface area (Å²) in [5.74, 6) is -3.59. The molecular formula is C22H24F6N2O6S. The van der Waals surface area contributed by atoms with E-state index in [9.17, 15) is 26.3 Å². The average molecular weight is 558 g/mol. The summed E-state index contributed by atoms with van der Waals surface area (Å²) in [5.41, 5.74) is 2.43. The third-order valence-corrected chi connectivity index (χ3v) is 6.07. The number of nitrogens with zero attached hydrogens (tertiary/aromatic N) is 2. The van der Waals surface area contributed by atoms with Gasteiger partial charge in [0, 0.05) is 37.2 Å². The lowest BCUT2D eigenvalue weighted by atomic mass is 9.94. The number of aryl methyl sites for hydroxylation is 1. The average Bonchev–Trinajstić information content (AvgIpc) is 3.52. The fraction of sp³-hybridized carbons (Fsp3) is 0.500. The third-order valence-electron chi connectivity index (χ3n) is 5.33. The van der Waals surface area contributed by atoms with E-state index < -0.39 is 24.3 Å². The molecule has 37 heavy (non-hydrogen) atoms. The van der Waals surface area contributed by atoms with Crippen LogP contribution >= 0.6 is 11.3 Å². The standard InChI is InChI=1S/C18H22N2O2S.2C2HF3O2/c1-13-2-3-16(6-19-13)21-10-15-11-22-18-9-20(8-17(15)18)7-14-4-5-23-12-14;2*3-2(4,5)1(6)7/h2-6,12,15,17-18H,7-11H2,1H3;2*(H,6,7)/t15-,17+,18+;;/m0../s1. The molecule has 0 radical (unpaired) electrons. The van der Waals surface area contributed by atoms with Crippen LogP contribution in [0.5, 0.6) is 5.75 Å². The number of carboxylic acid groups (broad SMARTS) is 2. The molecule has 2 aliphatic heterocycles. The summed E-state index contributed by atoms with van der Waals surface area (Å²) in [5, 5.41) is 18.6. The molecule has 4 rings (SSSR count). The quantitative estimate of drug-likeness (QED) is 0.525. The molecule has 2 aliphatic rings. The number of aliphatic carboxylic acids is 2. The summed E-state index contributed by atoms with van der Waals surface area (Å²) in [6, 6.07) is 6.19. The summed E-state index contributed by atoms with van der Waals surface area (Å²) >= 11 is 1.77. The van der Waals surface area contributed by atoms with Crippen LogP contribution in [-0.2, 0) is 20.9 Å². The predicted octanol–water partition coefficient (Wildman–Crippen LogP) is 4.24. The highest BCUT2D eigenvalue weighted by Gasteiger charge is 2.44. The van der Waals surface area contributed by atoms with E-state index in [1.54, 1.807) is 17.5 Å². The summed E-state index contributed by atoms with van der Waals surface area (Å²) in [6.07, 6.45) is -7.99. The first-order chi connectivity index (χ1) is 17.2. The Hall–Kier alpha value is -2.91. The SMILES string of the molecule is Cc1ccc(OC[C@H]2CO[C@@H]3CN(Cc4ccsc4)C[C@H]23)cn1.O=C(O)C(F)(F)F.O=C(O)C(F)(F)F. The van der Waals surface area contributed by atoms with Gasteiger partial charge in [-0.3, -0.25) is 9.88 Å². The van der Waals surface area contributed by atoms with Crippen LogP contribution in [0.25, 0.3) is 0 Å². The molecule has 0 bridgehead atoms. The second kappa shape index (κ2) is 13.1. The number of fused-ring (bicyclic) bond motifs is 1. The minimum absolute atomic E-state index is 0.373. The molecule has 206 valence electrons. The molecular weight excluding hydrogens is 534 g/mol. The maximum absolute atomic E-state index is 10.6. The second-order valence-electron chi connectivity index (χ2n) is 8.17. The van der Waals surface area contributed by atoms with Crippen LogP contribution in [0.2, 0.25) is 0 Å². The monoisotopic (exact) mass is 558 g/mol. The molecule has 0 spiro atoms. The number of hydrogen-bond donors (Lipinski definition) is 2. The Bertz CT molecular complexity index is 977. The maximum Gasteiger partial charge on any atom is 0.490 e. The van der Waals surface area contributed by atoms with Crippen LogP contribution in [-0.4, -0.2) is 76.8 Å². The summed E-state index contributed by atoms with van der Waals surface area (Å²) in [7, 11) is 0. The molecule has 0 unspecified atom stereocenters. The van der Waals surface area contributed by atoms with Crippen LogP contribution in [0.4, 0.5) is 26.3 Å². The van der Waals surface area contributed by atoms with E-state index in [-0.39, 0.29) is 0 Å². The number of thiophene rings is 1. The molecule has 15 heteroatoms. The zero-order valence-electron chi connectivity index (χ0n) is 19.3. The molecule has 0 saturated carbocycles. The number of rotatable bonds is 5. The molecule has 2 fully saturated rings. The van der Waals surface area contributed by atoms with Gasteiger partial charge in [-0.2, -0.15) is 37.7 Å². The van der Waals surface area contributed by atoms with Gasteiger partial charge in [-0.25, -0.2) is 9.59 Å². The Morgan fingerprint density at radius 3 is 2.22 bits per heavy atom. The van der Waals surface area contributed by atoms with Crippen molar-refractivity contribution in [1.29, 1.82) is 0 Å². The van der Waals surface area contributed by atoms with E-state index in [2.05, 4.69) is 26.7 Å². The second-order valence-corrected chi connectivity index (χ2v) is 8.95. The molecule has 2 aromatic heterocycles. The van der Waals surface area contributed by atoms with E-state index in [1.807, 2.05) is 19.1 Å².